The molecule has 0 aliphatic rings. The fourth-order valence-corrected chi connectivity index (χ4v) is 2.54. The minimum Gasteiger partial charge on any atom is -0.284 e. The number of hydrogen-bond acceptors (Lipinski definition) is 2. The van der Waals surface area contributed by atoms with Crippen molar-refractivity contribution in [1.29, 1.82) is 0 Å². The Morgan fingerprint density at radius 2 is 1.75 bits per heavy atom. The molecule has 0 aliphatic carbocycles. The summed E-state index contributed by atoms with van der Waals surface area (Å²) in [5, 5.41) is 0.227. The standard InChI is InChI=1S/C13H10ClF2NO2S/c1-20(18,19)17-9-3-4-10(11(14)7-9)8-2-5-12(15)13(16)6-8/h2-7,17H,1H3. The van der Waals surface area contributed by atoms with Gasteiger partial charge < -0.3 is 0 Å². The SMILES string of the molecule is CS(=O)(=O)Nc1ccc(-c2ccc(F)c(F)c2)c(Cl)c1. The maximum absolute atomic E-state index is 13.2. The molecule has 7 heteroatoms. The maximum atomic E-state index is 13.2. The molecule has 0 aromatic heterocycles. The van der Waals surface area contributed by atoms with Crippen LogP contribution in [-0.2, 0) is 10.0 Å². The van der Waals surface area contributed by atoms with E-state index in [1.807, 2.05) is 0 Å². The zero-order chi connectivity index (χ0) is 14.9. The van der Waals surface area contributed by atoms with E-state index in [0.29, 0.717) is 16.8 Å². The van der Waals surface area contributed by atoms with Gasteiger partial charge in [0.2, 0.25) is 10.0 Å². The molecule has 0 saturated carbocycles. The van der Waals surface area contributed by atoms with Gasteiger partial charge in [-0.1, -0.05) is 23.7 Å². The molecule has 2 aromatic carbocycles. The number of halogens is 3. The van der Waals surface area contributed by atoms with Gasteiger partial charge in [0.1, 0.15) is 0 Å². The van der Waals surface area contributed by atoms with Crippen molar-refractivity contribution >= 4 is 27.3 Å². The number of anilines is 1. The third-order valence-corrected chi connectivity index (χ3v) is 3.42. The van der Waals surface area contributed by atoms with Crippen LogP contribution in [0.5, 0.6) is 0 Å². The van der Waals surface area contributed by atoms with Crippen LogP contribution in [0, 0.1) is 11.6 Å². The second kappa shape index (κ2) is 5.38. The molecule has 3 nitrogen and oxygen atoms in total. The summed E-state index contributed by atoms with van der Waals surface area (Å²) >= 11 is 6.03. The normalized spacial score (nSPS) is 11.4. The molecule has 106 valence electrons. The zero-order valence-corrected chi connectivity index (χ0v) is 11.9. The van der Waals surface area contributed by atoms with Gasteiger partial charge in [0.15, 0.2) is 11.6 Å². The lowest BCUT2D eigenvalue weighted by Crippen LogP contribution is -2.09. The Morgan fingerprint density at radius 1 is 1.05 bits per heavy atom. The molecule has 1 N–H and O–H groups in total. The van der Waals surface area contributed by atoms with Crippen LogP contribution in [0.15, 0.2) is 36.4 Å². The van der Waals surface area contributed by atoms with Gasteiger partial charge in [0, 0.05) is 11.3 Å². The number of benzene rings is 2. The van der Waals surface area contributed by atoms with E-state index in [1.54, 1.807) is 0 Å². The van der Waals surface area contributed by atoms with Crippen molar-refractivity contribution in [2.75, 3.05) is 11.0 Å². The fraction of sp³-hybridized carbons (Fsp3) is 0.0769. The van der Waals surface area contributed by atoms with Gasteiger partial charge in [-0.3, -0.25) is 4.72 Å². The Labute approximate surface area is 120 Å². The quantitative estimate of drug-likeness (QED) is 0.939. The van der Waals surface area contributed by atoms with Gasteiger partial charge in [-0.25, -0.2) is 17.2 Å². The zero-order valence-electron chi connectivity index (χ0n) is 10.3. The Morgan fingerprint density at radius 3 is 2.30 bits per heavy atom. The minimum atomic E-state index is -3.40. The first-order valence-corrected chi connectivity index (χ1v) is 7.76. The van der Waals surface area contributed by atoms with Crippen molar-refractivity contribution in [3.05, 3.63) is 53.1 Å². The van der Waals surface area contributed by atoms with E-state index in [2.05, 4.69) is 4.72 Å². The summed E-state index contributed by atoms with van der Waals surface area (Å²) < 4.78 is 50.6. The first kappa shape index (κ1) is 14.7. The van der Waals surface area contributed by atoms with Crippen LogP contribution >= 0.6 is 11.6 Å². The molecule has 0 saturated heterocycles. The van der Waals surface area contributed by atoms with Crippen LogP contribution in [0.2, 0.25) is 5.02 Å². The molecule has 0 atom stereocenters. The predicted molar refractivity (Wildman–Crippen MR) is 75.3 cm³/mol. The highest BCUT2D eigenvalue weighted by Crippen LogP contribution is 2.31. The molecule has 2 aromatic rings. The molecule has 0 amide bonds. The second-order valence-electron chi connectivity index (χ2n) is 4.20. The lowest BCUT2D eigenvalue weighted by Gasteiger charge is -2.09. The van der Waals surface area contributed by atoms with Crippen LogP contribution in [-0.4, -0.2) is 14.7 Å². The molecule has 2 rings (SSSR count). The Kier molecular flexibility index (Phi) is 3.96. The number of hydrogen-bond donors (Lipinski definition) is 1. The monoisotopic (exact) mass is 317 g/mol. The van der Waals surface area contributed by atoms with Crippen molar-refractivity contribution in [2.45, 2.75) is 0 Å². The minimum absolute atomic E-state index is 0.227. The van der Waals surface area contributed by atoms with Crippen molar-refractivity contribution < 1.29 is 17.2 Å². The first-order chi connectivity index (χ1) is 9.26. The van der Waals surface area contributed by atoms with E-state index in [-0.39, 0.29) is 5.02 Å². The first-order valence-electron chi connectivity index (χ1n) is 5.49. The van der Waals surface area contributed by atoms with E-state index in [0.717, 1.165) is 18.4 Å². The van der Waals surface area contributed by atoms with Crippen LogP contribution in [0.1, 0.15) is 0 Å². The highest BCUT2D eigenvalue weighted by molar-refractivity contribution is 7.92. The summed E-state index contributed by atoms with van der Waals surface area (Å²) in [5.41, 5.74) is 1.17. The van der Waals surface area contributed by atoms with Crippen LogP contribution in [0.25, 0.3) is 11.1 Å². The Balaban J connectivity index is 2.41. The Hall–Kier alpha value is -1.66. The van der Waals surface area contributed by atoms with E-state index in [9.17, 15) is 17.2 Å². The number of sulfonamides is 1. The summed E-state index contributed by atoms with van der Waals surface area (Å²) in [6, 6.07) is 7.85. The second-order valence-corrected chi connectivity index (χ2v) is 6.35. The number of rotatable bonds is 3. The summed E-state index contributed by atoms with van der Waals surface area (Å²) in [6.45, 7) is 0. The lowest BCUT2D eigenvalue weighted by atomic mass is 10.1. The average molecular weight is 318 g/mol. The van der Waals surface area contributed by atoms with Gasteiger partial charge in [-0.15, -0.1) is 0 Å². The molecular formula is C13H10ClF2NO2S. The molecule has 0 bridgehead atoms. The third-order valence-electron chi connectivity index (χ3n) is 2.50. The molecule has 0 fully saturated rings. The molecular weight excluding hydrogens is 308 g/mol. The highest BCUT2D eigenvalue weighted by Gasteiger charge is 2.09. The maximum Gasteiger partial charge on any atom is 0.229 e. The van der Waals surface area contributed by atoms with E-state index in [4.69, 9.17) is 11.6 Å². The van der Waals surface area contributed by atoms with Gasteiger partial charge in [-0.2, -0.15) is 0 Å². The van der Waals surface area contributed by atoms with Crippen LogP contribution in [0.3, 0.4) is 0 Å². The summed E-state index contributed by atoms with van der Waals surface area (Å²) in [4.78, 5) is 0. The van der Waals surface area contributed by atoms with Gasteiger partial charge >= 0.3 is 0 Å². The lowest BCUT2D eigenvalue weighted by molar-refractivity contribution is 0.509. The predicted octanol–water partition coefficient (Wildman–Crippen LogP) is 3.66. The van der Waals surface area contributed by atoms with Crippen LogP contribution < -0.4 is 4.72 Å². The Bertz CT molecular complexity index is 763. The molecule has 0 unspecified atom stereocenters. The average Bonchev–Trinajstić information content (AvgIpc) is 2.31. The number of nitrogens with one attached hydrogen (secondary N) is 1. The fourth-order valence-electron chi connectivity index (χ4n) is 1.69. The van der Waals surface area contributed by atoms with E-state index >= 15 is 0 Å². The molecule has 0 radical (unpaired) electrons. The smallest absolute Gasteiger partial charge is 0.229 e. The summed E-state index contributed by atoms with van der Waals surface area (Å²) in [5.74, 6) is -1.92. The van der Waals surface area contributed by atoms with Gasteiger partial charge in [0.25, 0.3) is 0 Å². The van der Waals surface area contributed by atoms with Crippen molar-refractivity contribution in [2.24, 2.45) is 0 Å². The van der Waals surface area contributed by atoms with Gasteiger partial charge in [-0.05, 0) is 29.8 Å². The molecule has 20 heavy (non-hydrogen) atoms. The van der Waals surface area contributed by atoms with Crippen molar-refractivity contribution in [1.82, 2.24) is 0 Å². The van der Waals surface area contributed by atoms with E-state index in [1.165, 1.54) is 24.3 Å². The van der Waals surface area contributed by atoms with Crippen molar-refractivity contribution in [3.8, 4) is 11.1 Å². The summed E-state index contributed by atoms with van der Waals surface area (Å²) in [6.07, 6.45) is 1.02. The van der Waals surface area contributed by atoms with Crippen molar-refractivity contribution in [3.63, 3.8) is 0 Å². The molecule has 0 heterocycles. The third kappa shape index (κ3) is 3.46. The summed E-state index contributed by atoms with van der Waals surface area (Å²) in [7, 11) is -3.40. The largest absolute Gasteiger partial charge is 0.284 e. The van der Waals surface area contributed by atoms with E-state index < -0.39 is 21.7 Å². The topological polar surface area (TPSA) is 46.2 Å². The van der Waals surface area contributed by atoms with Gasteiger partial charge in [0.05, 0.1) is 11.3 Å². The molecule has 0 aliphatic heterocycles. The van der Waals surface area contributed by atoms with Crippen LogP contribution in [0.4, 0.5) is 14.5 Å². The highest BCUT2D eigenvalue weighted by atomic mass is 35.5. The molecule has 0 spiro atoms.